The molecule has 0 aliphatic carbocycles. The molecular weight excluding hydrogens is 210 g/mol. The minimum absolute atomic E-state index is 0.290. The van der Waals surface area contributed by atoms with Crippen LogP contribution in [0.4, 0.5) is 0 Å². The molecule has 0 bridgehead atoms. The number of carbonyl (C=O) groups is 1. The molecule has 0 radical (unpaired) electrons. The van der Waals surface area contributed by atoms with Gasteiger partial charge in [-0.3, -0.25) is 4.79 Å². The molecule has 0 aliphatic rings. The van der Waals surface area contributed by atoms with Gasteiger partial charge >= 0.3 is 0 Å². The molecule has 1 aromatic rings. The summed E-state index contributed by atoms with van der Waals surface area (Å²) in [5, 5.41) is 3.40. The first-order valence-corrected chi connectivity index (χ1v) is 4.55. The van der Waals surface area contributed by atoms with Crippen molar-refractivity contribution in [1.82, 2.24) is 0 Å². The van der Waals surface area contributed by atoms with Crippen molar-refractivity contribution in [1.29, 1.82) is 0 Å². The number of carbonyl (C=O) groups excluding carboxylic acids is 1. The third kappa shape index (κ3) is 2.73. The smallest absolute Gasteiger partial charge is 0.211 e. The molecule has 0 spiro atoms. The summed E-state index contributed by atoms with van der Waals surface area (Å²) < 4.78 is 10.1. The fraction of sp³-hybridized carbons (Fsp3) is 0.273. The molecular formula is C11H13NO4. The fourth-order valence-electron chi connectivity index (χ4n) is 1.17. The predicted octanol–water partition coefficient (Wildman–Crippen LogP) is 1.52. The van der Waals surface area contributed by atoms with Crippen LogP contribution in [0.2, 0.25) is 0 Å². The molecule has 0 fully saturated rings. The van der Waals surface area contributed by atoms with Gasteiger partial charge < -0.3 is 14.3 Å². The molecule has 86 valence electrons. The van der Waals surface area contributed by atoms with Crippen LogP contribution >= 0.6 is 0 Å². The maximum atomic E-state index is 11.6. The van der Waals surface area contributed by atoms with Gasteiger partial charge in [-0.1, -0.05) is 5.16 Å². The normalized spacial score (nSPS) is 10.2. The summed E-state index contributed by atoms with van der Waals surface area (Å²) in [5.74, 6) is 0.769. The zero-order chi connectivity index (χ0) is 12.0. The number of hydrogen-bond donors (Lipinski definition) is 0. The van der Waals surface area contributed by atoms with E-state index in [1.807, 2.05) is 0 Å². The van der Waals surface area contributed by atoms with E-state index in [-0.39, 0.29) is 5.78 Å². The number of ether oxygens (including phenoxy) is 2. The predicted molar refractivity (Wildman–Crippen MR) is 59.4 cm³/mol. The molecule has 0 saturated heterocycles. The van der Waals surface area contributed by atoms with Gasteiger partial charge in [0, 0.05) is 6.07 Å². The van der Waals surface area contributed by atoms with E-state index in [0.717, 1.165) is 6.21 Å². The van der Waals surface area contributed by atoms with Gasteiger partial charge in [0.1, 0.15) is 24.8 Å². The van der Waals surface area contributed by atoms with Crippen molar-refractivity contribution < 1.29 is 19.1 Å². The maximum absolute atomic E-state index is 11.6. The molecule has 16 heavy (non-hydrogen) atoms. The van der Waals surface area contributed by atoms with Gasteiger partial charge in [0.15, 0.2) is 0 Å². The molecule has 0 saturated carbocycles. The van der Waals surface area contributed by atoms with Crippen molar-refractivity contribution >= 4 is 12.0 Å². The van der Waals surface area contributed by atoms with E-state index in [0.29, 0.717) is 17.1 Å². The maximum Gasteiger partial charge on any atom is 0.211 e. The van der Waals surface area contributed by atoms with E-state index >= 15 is 0 Å². The minimum atomic E-state index is -0.290. The molecule has 0 atom stereocenters. The van der Waals surface area contributed by atoms with Gasteiger partial charge in [0.05, 0.1) is 19.8 Å². The van der Waals surface area contributed by atoms with Crippen molar-refractivity contribution in [2.24, 2.45) is 5.16 Å². The number of benzene rings is 1. The van der Waals surface area contributed by atoms with E-state index < -0.39 is 0 Å². The first-order chi connectivity index (χ1) is 7.72. The largest absolute Gasteiger partial charge is 0.497 e. The Hall–Kier alpha value is -2.04. The Morgan fingerprint density at radius 2 is 2.00 bits per heavy atom. The minimum Gasteiger partial charge on any atom is -0.497 e. The summed E-state index contributed by atoms with van der Waals surface area (Å²) in [6, 6.07) is 4.92. The number of hydrogen-bond acceptors (Lipinski definition) is 5. The molecule has 1 aromatic carbocycles. The van der Waals surface area contributed by atoms with Gasteiger partial charge in [-0.2, -0.15) is 0 Å². The SMILES string of the molecule is CO/N=C/C(=O)c1ccc(OC)cc1OC. The van der Waals surface area contributed by atoms with Gasteiger partial charge in [-0.05, 0) is 12.1 Å². The topological polar surface area (TPSA) is 57.1 Å². The zero-order valence-electron chi connectivity index (χ0n) is 9.39. The van der Waals surface area contributed by atoms with Crippen LogP contribution in [0.1, 0.15) is 10.4 Å². The fourth-order valence-corrected chi connectivity index (χ4v) is 1.17. The lowest BCUT2D eigenvalue weighted by atomic mass is 10.1. The van der Waals surface area contributed by atoms with E-state index in [4.69, 9.17) is 9.47 Å². The Bertz CT molecular complexity index is 401. The quantitative estimate of drug-likeness (QED) is 0.431. The van der Waals surface area contributed by atoms with Gasteiger partial charge in [0.25, 0.3) is 0 Å². The highest BCUT2D eigenvalue weighted by atomic mass is 16.6. The Morgan fingerprint density at radius 3 is 2.56 bits per heavy atom. The molecule has 5 nitrogen and oxygen atoms in total. The van der Waals surface area contributed by atoms with Crippen LogP contribution in [0.15, 0.2) is 23.4 Å². The Morgan fingerprint density at radius 1 is 1.25 bits per heavy atom. The van der Waals surface area contributed by atoms with Crippen molar-refractivity contribution in [3.05, 3.63) is 23.8 Å². The second kappa shape index (κ2) is 5.75. The molecule has 0 aliphatic heterocycles. The average Bonchev–Trinajstić information content (AvgIpc) is 2.34. The summed E-state index contributed by atoms with van der Waals surface area (Å²) in [6.45, 7) is 0. The summed E-state index contributed by atoms with van der Waals surface area (Å²) >= 11 is 0. The molecule has 0 heterocycles. The van der Waals surface area contributed by atoms with Crippen LogP contribution in [0.5, 0.6) is 11.5 Å². The average molecular weight is 223 g/mol. The molecule has 0 N–H and O–H groups in total. The van der Waals surface area contributed by atoms with E-state index in [9.17, 15) is 4.79 Å². The van der Waals surface area contributed by atoms with Gasteiger partial charge in [-0.15, -0.1) is 0 Å². The highest BCUT2D eigenvalue weighted by molar-refractivity contribution is 6.36. The monoisotopic (exact) mass is 223 g/mol. The third-order valence-corrected chi connectivity index (χ3v) is 1.95. The lowest BCUT2D eigenvalue weighted by Crippen LogP contribution is -2.03. The summed E-state index contributed by atoms with van der Waals surface area (Å²) in [5.41, 5.74) is 0.407. The first-order valence-electron chi connectivity index (χ1n) is 4.55. The van der Waals surface area contributed by atoms with E-state index in [1.165, 1.54) is 14.2 Å². The number of oxime groups is 1. The van der Waals surface area contributed by atoms with Gasteiger partial charge in [-0.25, -0.2) is 0 Å². The Balaban J connectivity index is 3.03. The van der Waals surface area contributed by atoms with Crippen LogP contribution in [0, 0.1) is 0 Å². The van der Waals surface area contributed by atoms with Crippen LogP contribution in [-0.2, 0) is 4.84 Å². The number of nitrogens with zero attached hydrogens (tertiary/aromatic N) is 1. The zero-order valence-corrected chi connectivity index (χ0v) is 9.39. The second-order valence-corrected chi connectivity index (χ2v) is 2.85. The van der Waals surface area contributed by atoms with Crippen LogP contribution in [0.25, 0.3) is 0 Å². The van der Waals surface area contributed by atoms with Crippen molar-refractivity contribution in [3.8, 4) is 11.5 Å². The number of rotatable bonds is 5. The number of ketones is 1. The lowest BCUT2D eigenvalue weighted by Gasteiger charge is -2.07. The Kier molecular flexibility index (Phi) is 4.32. The summed E-state index contributed by atoms with van der Waals surface area (Å²) in [7, 11) is 4.40. The Labute approximate surface area is 93.6 Å². The first kappa shape index (κ1) is 12.0. The van der Waals surface area contributed by atoms with E-state index in [2.05, 4.69) is 9.99 Å². The van der Waals surface area contributed by atoms with Crippen LogP contribution < -0.4 is 9.47 Å². The van der Waals surface area contributed by atoms with Crippen LogP contribution in [-0.4, -0.2) is 33.3 Å². The third-order valence-electron chi connectivity index (χ3n) is 1.95. The summed E-state index contributed by atoms with van der Waals surface area (Å²) in [4.78, 5) is 16.1. The molecule has 0 aromatic heterocycles. The molecule has 5 heteroatoms. The van der Waals surface area contributed by atoms with Gasteiger partial charge in [0.2, 0.25) is 5.78 Å². The molecule has 0 unspecified atom stereocenters. The van der Waals surface area contributed by atoms with Crippen LogP contribution in [0.3, 0.4) is 0 Å². The molecule has 0 amide bonds. The van der Waals surface area contributed by atoms with E-state index in [1.54, 1.807) is 25.3 Å². The molecule has 1 rings (SSSR count). The highest BCUT2D eigenvalue weighted by Crippen LogP contribution is 2.24. The van der Waals surface area contributed by atoms with Crippen molar-refractivity contribution in [2.75, 3.05) is 21.3 Å². The van der Waals surface area contributed by atoms with Crippen molar-refractivity contribution in [3.63, 3.8) is 0 Å². The lowest BCUT2D eigenvalue weighted by molar-refractivity contribution is 0.106. The second-order valence-electron chi connectivity index (χ2n) is 2.85. The summed E-state index contributed by atoms with van der Waals surface area (Å²) in [6.07, 6.45) is 1.09. The highest BCUT2D eigenvalue weighted by Gasteiger charge is 2.11. The number of Topliss-reactive ketones (excluding diaryl/α,β-unsaturated/α-hetero) is 1. The number of methoxy groups -OCH3 is 2. The standard InChI is InChI=1S/C11H13NO4/c1-14-8-4-5-9(11(6-8)15-2)10(13)7-12-16-3/h4-7H,1-3H3/b12-7+. The van der Waals surface area contributed by atoms with Crippen molar-refractivity contribution in [2.45, 2.75) is 0 Å².